The number of nitrogens with one attached hydrogen (secondary N) is 2. The first-order chi connectivity index (χ1) is 14.7. The summed E-state index contributed by atoms with van der Waals surface area (Å²) in [6, 6.07) is -3.69. The zero-order valence-electron chi connectivity index (χ0n) is 17.5. The van der Waals surface area contributed by atoms with Gasteiger partial charge in [-0.1, -0.05) is 24.9 Å². The average molecular weight is 444 g/mol. The molecule has 0 aliphatic rings. The fraction of sp³-hybridized carbons (Fsp3) is 0.722. The highest BCUT2D eigenvalue weighted by atomic mass is 16.5. The minimum Gasteiger partial charge on any atom is -0.481 e. The van der Waals surface area contributed by atoms with E-state index in [-0.39, 0.29) is 24.6 Å². The summed E-state index contributed by atoms with van der Waals surface area (Å²) >= 11 is 0. The molecule has 1 rings (SSSR count). The van der Waals surface area contributed by atoms with Crippen LogP contribution in [0, 0.1) is 5.92 Å². The van der Waals surface area contributed by atoms with E-state index >= 15 is 0 Å². The highest BCUT2D eigenvalue weighted by Gasteiger charge is 2.29. The van der Waals surface area contributed by atoms with Gasteiger partial charge in [-0.15, -0.1) is 0 Å². The molecule has 1 heterocycles. The predicted octanol–water partition coefficient (Wildman–Crippen LogP) is -0.125. The molecule has 0 saturated carbocycles. The molecular weight excluding hydrogens is 412 g/mol. The number of aliphatic hydroxyl groups is 1. The molecule has 0 fully saturated rings. The van der Waals surface area contributed by atoms with E-state index in [1.54, 1.807) is 0 Å². The van der Waals surface area contributed by atoms with Crippen molar-refractivity contribution in [1.29, 1.82) is 0 Å². The molecule has 9 N–H and O–H groups in total. The summed E-state index contributed by atoms with van der Waals surface area (Å²) in [7, 11) is 0. The Labute approximate surface area is 179 Å². The van der Waals surface area contributed by atoms with Gasteiger partial charge >= 0.3 is 18.0 Å². The molecule has 0 radical (unpaired) electrons. The van der Waals surface area contributed by atoms with Crippen molar-refractivity contribution in [1.82, 2.24) is 20.8 Å². The summed E-state index contributed by atoms with van der Waals surface area (Å²) in [5.41, 5.74) is 11.5. The number of amides is 2. The smallest absolute Gasteiger partial charge is 0.326 e. The van der Waals surface area contributed by atoms with Gasteiger partial charge < -0.3 is 41.9 Å². The number of unbranched alkanes of at least 4 members (excludes halogenated alkanes) is 2. The number of hydrogen-bond donors (Lipinski definition) is 7. The predicted molar refractivity (Wildman–Crippen MR) is 108 cm³/mol. The summed E-state index contributed by atoms with van der Waals surface area (Å²) in [6.45, 7) is 1.61. The van der Waals surface area contributed by atoms with Crippen molar-refractivity contribution in [2.45, 2.75) is 63.6 Å². The van der Waals surface area contributed by atoms with Gasteiger partial charge in [-0.25, -0.2) is 9.59 Å². The highest BCUT2D eigenvalue weighted by molar-refractivity contribution is 5.83. The van der Waals surface area contributed by atoms with Crippen molar-refractivity contribution in [2.24, 2.45) is 17.4 Å². The van der Waals surface area contributed by atoms with Gasteiger partial charge in [0.15, 0.2) is 5.82 Å². The van der Waals surface area contributed by atoms with Crippen molar-refractivity contribution < 1.29 is 34.2 Å². The van der Waals surface area contributed by atoms with E-state index in [1.165, 1.54) is 6.92 Å². The van der Waals surface area contributed by atoms with Gasteiger partial charge in [0.2, 0.25) is 5.89 Å². The first-order valence-corrected chi connectivity index (χ1v) is 10.1. The zero-order valence-corrected chi connectivity index (χ0v) is 17.5. The van der Waals surface area contributed by atoms with Gasteiger partial charge in [0, 0.05) is 18.9 Å². The van der Waals surface area contributed by atoms with E-state index in [9.17, 15) is 19.5 Å². The van der Waals surface area contributed by atoms with Crippen LogP contribution in [0.25, 0.3) is 0 Å². The minimum atomic E-state index is -1.34. The first kappa shape index (κ1) is 26.3. The van der Waals surface area contributed by atoms with Crippen molar-refractivity contribution in [2.75, 3.05) is 13.2 Å². The number of hydrogen-bond acceptors (Lipinski definition) is 9. The highest BCUT2D eigenvalue weighted by Crippen LogP contribution is 2.21. The Morgan fingerprint density at radius 1 is 1.13 bits per heavy atom. The summed E-state index contributed by atoms with van der Waals surface area (Å²) in [5, 5.41) is 35.9. The van der Waals surface area contributed by atoms with Gasteiger partial charge in [0.25, 0.3) is 0 Å². The molecule has 13 nitrogen and oxygen atoms in total. The Hall–Kier alpha value is -2.77. The third kappa shape index (κ3) is 9.27. The average Bonchev–Trinajstić information content (AvgIpc) is 3.21. The Morgan fingerprint density at radius 3 is 2.42 bits per heavy atom. The lowest BCUT2D eigenvalue weighted by molar-refractivity contribution is -0.141. The van der Waals surface area contributed by atoms with Crippen molar-refractivity contribution in [3.63, 3.8) is 0 Å². The largest absolute Gasteiger partial charge is 0.481 e. The molecule has 0 aromatic carbocycles. The van der Waals surface area contributed by atoms with Crippen LogP contribution in [0.15, 0.2) is 4.52 Å². The normalized spacial score (nSPS) is 15.0. The van der Waals surface area contributed by atoms with Crippen molar-refractivity contribution in [3.8, 4) is 0 Å². The van der Waals surface area contributed by atoms with Crippen LogP contribution in [0.3, 0.4) is 0 Å². The maximum Gasteiger partial charge on any atom is 0.326 e. The van der Waals surface area contributed by atoms with Crippen molar-refractivity contribution in [3.05, 3.63) is 11.7 Å². The van der Waals surface area contributed by atoms with Crippen LogP contribution >= 0.6 is 0 Å². The van der Waals surface area contributed by atoms with E-state index in [0.29, 0.717) is 13.0 Å². The molecule has 0 saturated heterocycles. The molecule has 0 aliphatic carbocycles. The molecule has 31 heavy (non-hydrogen) atoms. The second-order valence-electron chi connectivity index (χ2n) is 7.31. The van der Waals surface area contributed by atoms with Crippen LogP contribution in [0.4, 0.5) is 4.79 Å². The molecule has 2 amide bonds. The third-order valence-corrected chi connectivity index (χ3v) is 4.67. The second kappa shape index (κ2) is 13.5. The molecule has 13 heteroatoms. The lowest BCUT2D eigenvalue weighted by atomic mass is 10.0. The van der Waals surface area contributed by atoms with Gasteiger partial charge in [-0.2, -0.15) is 4.98 Å². The third-order valence-electron chi connectivity index (χ3n) is 4.67. The monoisotopic (exact) mass is 444 g/mol. The zero-order chi connectivity index (χ0) is 23.4. The van der Waals surface area contributed by atoms with Crippen LogP contribution in [0.1, 0.15) is 69.2 Å². The number of carboxylic acids is 2. The summed E-state index contributed by atoms with van der Waals surface area (Å²) in [4.78, 5) is 38.8. The Morgan fingerprint density at radius 2 is 1.84 bits per heavy atom. The number of aromatic nitrogens is 2. The minimum absolute atomic E-state index is 0.0362. The van der Waals surface area contributed by atoms with E-state index in [0.717, 1.165) is 19.3 Å². The molecular formula is C18H32N6O7. The molecule has 0 bridgehead atoms. The number of aliphatic carboxylic acids is 2. The van der Waals surface area contributed by atoms with Gasteiger partial charge in [-0.3, -0.25) is 4.79 Å². The number of nitrogens with two attached hydrogens (primary N) is 2. The molecule has 0 spiro atoms. The molecule has 4 atom stereocenters. The van der Waals surface area contributed by atoms with Crippen LogP contribution in [-0.4, -0.2) is 62.6 Å². The lowest BCUT2D eigenvalue weighted by Crippen LogP contribution is -2.50. The summed E-state index contributed by atoms with van der Waals surface area (Å²) in [6.07, 6.45) is 2.85. The van der Waals surface area contributed by atoms with Crippen LogP contribution in [0.2, 0.25) is 0 Å². The van der Waals surface area contributed by atoms with Crippen LogP contribution < -0.4 is 22.1 Å². The number of carboxylic acid groups (broad SMARTS) is 2. The number of aliphatic hydroxyl groups excluding tert-OH is 1. The number of nitrogens with zero attached hydrogens (tertiary/aromatic N) is 2. The Balaban J connectivity index is 2.84. The summed E-state index contributed by atoms with van der Waals surface area (Å²) < 4.78 is 5.18. The topological polar surface area (TPSA) is 227 Å². The molecule has 1 aromatic heterocycles. The Bertz CT molecular complexity index is 713. The summed E-state index contributed by atoms with van der Waals surface area (Å²) in [5.74, 6) is -2.97. The van der Waals surface area contributed by atoms with E-state index < -0.39 is 48.6 Å². The number of rotatable bonds is 15. The fourth-order valence-electron chi connectivity index (χ4n) is 2.77. The van der Waals surface area contributed by atoms with E-state index in [2.05, 4.69) is 20.8 Å². The maximum absolute atomic E-state index is 12.3. The number of carbonyl (C=O) groups excluding carboxylic acids is 1. The van der Waals surface area contributed by atoms with Crippen LogP contribution in [-0.2, 0) is 9.59 Å². The maximum atomic E-state index is 12.3. The quantitative estimate of drug-likeness (QED) is 0.176. The number of urea groups is 1. The van der Waals surface area contributed by atoms with Gasteiger partial charge in [0.05, 0.1) is 6.04 Å². The van der Waals surface area contributed by atoms with Gasteiger partial charge in [0.1, 0.15) is 12.1 Å². The molecule has 1 unspecified atom stereocenters. The SMILES string of the molecule is CC(CO)[C@H](NC(=O)N[C@@H](CCC(=O)O)c1nc([C@@H](N)CCCCCN)no1)C(=O)O. The van der Waals surface area contributed by atoms with Gasteiger partial charge in [-0.05, 0) is 25.8 Å². The standard InChI is InChI=1S/C18H32N6O7/c1-10(9-25)14(17(28)29)22-18(30)21-12(6-7-13(26)27)16-23-15(24-31-16)11(20)5-3-2-4-8-19/h10-12,14,25H,2-9,19-20H2,1H3,(H,26,27)(H,28,29)(H2,21,22,30)/t10?,11-,12-,14-/m0/s1. The van der Waals surface area contributed by atoms with Crippen LogP contribution in [0.5, 0.6) is 0 Å². The fourth-order valence-corrected chi connectivity index (χ4v) is 2.77. The van der Waals surface area contributed by atoms with E-state index in [4.69, 9.17) is 26.2 Å². The lowest BCUT2D eigenvalue weighted by Gasteiger charge is -2.21. The van der Waals surface area contributed by atoms with E-state index in [1.807, 2.05) is 0 Å². The molecule has 0 aliphatic heterocycles. The molecule has 1 aromatic rings. The first-order valence-electron chi connectivity index (χ1n) is 10.1. The van der Waals surface area contributed by atoms with Crippen molar-refractivity contribution >= 4 is 18.0 Å². The molecule has 176 valence electrons. The second-order valence-corrected chi connectivity index (χ2v) is 7.31. The Kier molecular flexibility index (Phi) is 11.5. The number of carbonyl (C=O) groups is 3.